The van der Waals surface area contributed by atoms with Crippen LogP contribution in [0.2, 0.25) is 0 Å². The molecule has 3 aromatic rings. The van der Waals surface area contributed by atoms with E-state index >= 15 is 0 Å². The van der Waals surface area contributed by atoms with E-state index in [1.165, 1.54) is 0 Å². The van der Waals surface area contributed by atoms with E-state index in [9.17, 15) is 9.59 Å². The third kappa shape index (κ3) is 3.43. The van der Waals surface area contributed by atoms with Gasteiger partial charge < -0.3 is 19.1 Å². The minimum atomic E-state index is -0.162. The molecule has 31 heavy (non-hydrogen) atoms. The van der Waals surface area contributed by atoms with Crippen LogP contribution in [0.4, 0.5) is 11.4 Å². The van der Waals surface area contributed by atoms with Gasteiger partial charge in [-0.25, -0.2) is 0 Å². The highest BCUT2D eigenvalue weighted by atomic mass is 16.5. The van der Waals surface area contributed by atoms with E-state index in [2.05, 4.69) is 10.1 Å². The monoisotopic (exact) mass is 418 g/mol. The molecule has 1 saturated heterocycles. The van der Waals surface area contributed by atoms with Gasteiger partial charge in [-0.1, -0.05) is 22.9 Å². The van der Waals surface area contributed by atoms with Crippen molar-refractivity contribution in [2.75, 3.05) is 29.5 Å². The second-order valence-corrected chi connectivity index (χ2v) is 7.81. The number of anilines is 2. The summed E-state index contributed by atoms with van der Waals surface area (Å²) in [6.45, 7) is 5.03. The molecule has 0 N–H and O–H groups in total. The van der Waals surface area contributed by atoms with Crippen LogP contribution < -0.4 is 14.5 Å². The Kier molecular flexibility index (Phi) is 4.69. The van der Waals surface area contributed by atoms with Crippen molar-refractivity contribution in [1.29, 1.82) is 0 Å². The average molecular weight is 418 g/mol. The van der Waals surface area contributed by atoms with Gasteiger partial charge in [0, 0.05) is 30.8 Å². The molecule has 8 heteroatoms. The molecule has 0 saturated carbocycles. The van der Waals surface area contributed by atoms with E-state index in [1.54, 1.807) is 9.80 Å². The summed E-state index contributed by atoms with van der Waals surface area (Å²) >= 11 is 0. The van der Waals surface area contributed by atoms with E-state index in [0.29, 0.717) is 42.7 Å². The largest absolute Gasteiger partial charge is 0.482 e. The summed E-state index contributed by atoms with van der Waals surface area (Å²) in [5, 5.41) is 4.12. The van der Waals surface area contributed by atoms with Crippen molar-refractivity contribution in [3.8, 4) is 17.1 Å². The summed E-state index contributed by atoms with van der Waals surface area (Å²) in [5.41, 5.74) is 3.44. The SMILES string of the molecule is CCN1C(=O)COc2ccc(-c3noc(C4CC(=O)N(c5ccc(C)cc5)C4)n3)cc21. The van der Waals surface area contributed by atoms with Crippen LogP contribution >= 0.6 is 0 Å². The van der Waals surface area contributed by atoms with Gasteiger partial charge in [0.1, 0.15) is 5.75 Å². The highest BCUT2D eigenvalue weighted by Gasteiger charge is 2.35. The normalized spacial score (nSPS) is 18.3. The lowest BCUT2D eigenvalue weighted by molar-refractivity contribution is -0.121. The highest BCUT2D eigenvalue weighted by Crippen LogP contribution is 2.36. The number of aromatic nitrogens is 2. The molecule has 2 aliphatic rings. The Bertz CT molecular complexity index is 1150. The van der Waals surface area contributed by atoms with Gasteiger partial charge in [0.05, 0.1) is 11.6 Å². The fraction of sp³-hybridized carbons (Fsp3) is 0.304. The number of aryl methyl sites for hydroxylation is 1. The third-order valence-corrected chi connectivity index (χ3v) is 5.74. The van der Waals surface area contributed by atoms with E-state index in [1.807, 2.05) is 56.3 Å². The lowest BCUT2D eigenvalue weighted by atomic mass is 10.1. The molecule has 1 atom stereocenters. The molecular weight excluding hydrogens is 396 g/mol. The number of carbonyl (C=O) groups is 2. The number of carbonyl (C=O) groups excluding carboxylic acids is 2. The second kappa shape index (κ2) is 7.54. The molecule has 3 heterocycles. The number of nitrogens with zero attached hydrogens (tertiary/aromatic N) is 4. The van der Waals surface area contributed by atoms with Crippen LogP contribution in [0.1, 0.15) is 30.7 Å². The minimum absolute atomic E-state index is 0.0385. The first-order valence-corrected chi connectivity index (χ1v) is 10.3. The Morgan fingerprint density at radius 3 is 2.68 bits per heavy atom. The van der Waals surface area contributed by atoms with Gasteiger partial charge in [-0.05, 0) is 44.2 Å². The fourth-order valence-electron chi connectivity index (χ4n) is 4.05. The summed E-state index contributed by atoms with van der Waals surface area (Å²) in [7, 11) is 0. The summed E-state index contributed by atoms with van der Waals surface area (Å²) in [6.07, 6.45) is 0.325. The van der Waals surface area contributed by atoms with Crippen molar-refractivity contribution in [1.82, 2.24) is 10.1 Å². The number of hydrogen-bond donors (Lipinski definition) is 0. The number of amides is 2. The smallest absolute Gasteiger partial charge is 0.265 e. The Morgan fingerprint density at radius 1 is 1.10 bits per heavy atom. The molecule has 0 bridgehead atoms. The van der Waals surface area contributed by atoms with Gasteiger partial charge in [0.25, 0.3) is 5.91 Å². The Hall–Kier alpha value is -3.68. The van der Waals surface area contributed by atoms with Crippen molar-refractivity contribution in [3.05, 3.63) is 53.9 Å². The van der Waals surface area contributed by atoms with Crippen LogP contribution in [0.25, 0.3) is 11.4 Å². The first kappa shape index (κ1) is 19.3. The van der Waals surface area contributed by atoms with Crippen molar-refractivity contribution in [2.24, 2.45) is 0 Å². The van der Waals surface area contributed by atoms with E-state index in [-0.39, 0.29) is 24.3 Å². The lowest BCUT2D eigenvalue weighted by Gasteiger charge is -2.28. The van der Waals surface area contributed by atoms with Crippen LogP contribution in [0, 0.1) is 6.92 Å². The van der Waals surface area contributed by atoms with Gasteiger partial charge in [-0.2, -0.15) is 4.98 Å². The van der Waals surface area contributed by atoms with Crippen molar-refractivity contribution >= 4 is 23.2 Å². The number of ether oxygens (including phenoxy) is 1. The number of hydrogen-bond acceptors (Lipinski definition) is 6. The van der Waals surface area contributed by atoms with Crippen molar-refractivity contribution < 1.29 is 18.8 Å². The Labute approximate surface area is 179 Å². The molecule has 0 spiro atoms. The fourth-order valence-corrected chi connectivity index (χ4v) is 4.05. The third-order valence-electron chi connectivity index (χ3n) is 5.74. The Balaban J connectivity index is 1.38. The van der Waals surface area contributed by atoms with E-state index in [0.717, 1.165) is 16.8 Å². The predicted octanol–water partition coefficient (Wildman–Crippen LogP) is 3.31. The maximum atomic E-state index is 12.6. The first-order valence-electron chi connectivity index (χ1n) is 10.3. The topological polar surface area (TPSA) is 88.8 Å². The molecule has 1 unspecified atom stereocenters. The maximum absolute atomic E-state index is 12.6. The van der Waals surface area contributed by atoms with Crippen LogP contribution in [0.5, 0.6) is 5.75 Å². The zero-order valence-electron chi connectivity index (χ0n) is 17.4. The lowest BCUT2D eigenvalue weighted by Crippen LogP contribution is -2.38. The summed E-state index contributed by atoms with van der Waals surface area (Å²) in [5.74, 6) is 1.32. The number of rotatable bonds is 4. The maximum Gasteiger partial charge on any atom is 0.265 e. The van der Waals surface area contributed by atoms with Crippen LogP contribution in [0.3, 0.4) is 0 Å². The molecule has 2 aromatic carbocycles. The predicted molar refractivity (Wildman–Crippen MR) is 114 cm³/mol. The minimum Gasteiger partial charge on any atom is -0.482 e. The molecule has 0 radical (unpaired) electrons. The molecule has 2 aliphatic heterocycles. The summed E-state index contributed by atoms with van der Waals surface area (Å²) in [6, 6.07) is 13.4. The van der Waals surface area contributed by atoms with Gasteiger partial charge in [-0.15, -0.1) is 0 Å². The molecule has 5 rings (SSSR count). The van der Waals surface area contributed by atoms with Crippen LogP contribution in [-0.2, 0) is 9.59 Å². The highest BCUT2D eigenvalue weighted by molar-refractivity contribution is 5.98. The molecule has 1 fully saturated rings. The number of fused-ring (bicyclic) bond motifs is 1. The molecule has 2 amide bonds. The van der Waals surface area contributed by atoms with E-state index in [4.69, 9.17) is 9.26 Å². The van der Waals surface area contributed by atoms with Gasteiger partial charge in [-0.3, -0.25) is 9.59 Å². The van der Waals surface area contributed by atoms with Crippen LogP contribution in [-0.4, -0.2) is 41.7 Å². The van der Waals surface area contributed by atoms with Crippen molar-refractivity contribution in [2.45, 2.75) is 26.2 Å². The average Bonchev–Trinajstić information content (AvgIpc) is 3.41. The second-order valence-electron chi connectivity index (χ2n) is 7.81. The first-order chi connectivity index (χ1) is 15.0. The van der Waals surface area contributed by atoms with Crippen molar-refractivity contribution in [3.63, 3.8) is 0 Å². The molecule has 158 valence electrons. The quantitative estimate of drug-likeness (QED) is 0.646. The zero-order chi connectivity index (χ0) is 21.5. The molecular formula is C23H22N4O4. The molecule has 0 aliphatic carbocycles. The number of benzene rings is 2. The van der Waals surface area contributed by atoms with Gasteiger partial charge in [0.15, 0.2) is 6.61 Å². The summed E-state index contributed by atoms with van der Waals surface area (Å²) < 4.78 is 11.0. The Morgan fingerprint density at radius 2 is 1.90 bits per heavy atom. The zero-order valence-corrected chi connectivity index (χ0v) is 17.4. The molecule has 1 aromatic heterocycles. The molecule has 8 nitrogen and oxygen atoms in total. The standard InChI is InChI=1S/C23H22N4O4/c1-3-26-18-10-15(6-9-19(18)30-13-21(26)29)22-24-23(31-25-22)16-11-20(28)27(12-16)17-7-4-14(2)5-8-17/h4-10,16H,3,11-13H2,1-2H3. The van der Waals surface area contributed by atoms with Gasteiger partial charge in [0.2, 0.25) is 17.6 Å². The van der Waals surface area contributed by atoms with Crippen LogP contribution in [0.15, 0.2) is 47.0 Å². The summed E-state index contributed by atoms with van der Waals surface area (Å²) in [4.78, 5) is 32.7. The van der Waals surface area contributed by atoms with Gasteiger partial charge >= 0.3 is 0 Å². The number of likely N-dealkylation sites (N-methyl/N-ethyl adjacent to an activating group) is 1. The van der Waals surface area contributed by atoms with E-state index < -0.39 is 0 Å².